The van der Waals surface area contributed by atoms with Crippen LogP contribution >= 0.6 is 0 Å². The molecule has 0 radical (unpaired) electrons. The highest BCUT2D eigenvalue weighted by Gasteiger charge is 2.47. The highest BCUT2D eigenvalue weighted by Crippen LogP contribution is 2.25. The van der Waals surface area contributed by atoms with Crippen molar-refractivity contribution in [1.82, 2.24) is 4.90 Å². The number of hydrogen-bond acceptors (Lipinski definition) is 9. The molecule has 0 aromatic heterocycles. The molecular weight excluding hydrogens is 454 g/mol. The Balaban J connectivity index is 2.99. The number of nitrogens with two attached hydrogens (primary N) is 2. The number of carbonyl (C=O) groups is 2. The summed E-state index contributed by atoms with van der Waals surface area (Å²) >= 11 is 0. The van der Waals surface area contributed by atoms with E-state index >= 15 is 0 Å². The van der Waals surface area contributed by atoms with Crippen LogP contribution in [0.1, 0.15) is 77.0 Å². The van der Waals surface area contributed by atoms with Gasteiger partial charge >= 0.3 is 12.1 Å². The molecule has 1 aliphatic heterocycles. The van der Waals surface area contributed by atoms with Gasteiger partial charge in [-0.25, -0.2) is 34.2 Å². The molecule has 1 fully saturated rings. The molecule has 0 aromatic rings. The lowest BCUT2D eigenvalue weighted by Gasteiger charge is -2.37. The molecule has 196 valence electrons. The summed E-state index contributed by atoms with van der Waals surface area (Å²) in [5.41, 5.74) is 5.91. The number of aliphatic imine (C=N–C) groups is 3. The first-order chi connectivity index (χ1) is 17.0. The van der Waals surface area contributed by atoms with Gasteiger partial charge in [0.15, 0.2) is 6.40 Å². The number of primary amides is 1. The van der Waals surface area contributed by atoms with E-state index in [1.807, 2.05) is 0 Å². The van der Waals surface area contributed by atoms with Crippen molar-refractivity contribution in [2.75, 3.05) is 32.7 Å². The van der Waals surface area contributed by atoms with Crippen molar-refractivity contribution in [2.45, 2.75) is 83.2 Å². The molecule has 12 heteroatoms. The van der Waals surface area contributed by atoms with Crippen LogP contribution < -0.4 is 11.6 Å². The Labute approximate surface area is 207 Å². The lowest BCUT2D eigenvalue weighted by Crippen LogP contribution is -2.65. The quantitative estimate of drug-likeness (QED) is 0.0834. The fourth-order valence-electron chi connectivity index (χ4n) is 4.38. The van der Waals surface area contributed by atoms with Crippen molar-refractivity contribution < 1.29 is 28.5 Å². The highest BCUT2D eigenvalue weighted by atomic mass is 16.6. The van der Waals surface area contributed by atoms with E-state index in [9.17, 15) is 19.2 Å². The Morgan fingerprint density at radius 2 is 1.49 bits per heavy atom. The summed E-state index contributed by atoms with van der Waals surface area (Å²) in [5.74, 6) is 5.10. The molecule has 1 aliphatic rings. The minimum atomic E-state index is -0.673. The molecule has 4 amide bonds. The molecule has 1 unspecified atom stereocenters. The summed E-state index contributed by atoms with van der Waals surface area (Å²) in [6.45, 7) is 1.90. The van der Waals surface area contributed by atoms with Crippen LogP contribution in [0.4, 0.5) is 9.59 Å². The van der Waals surface area contributed by atoms with Crippen LogP contribution in [0, 0.1) is 0 Å². The summed E-state index contributed by atoms with van der Waals surface area (Å²) in [4.78, 5) is 64.8. The van der Waals surface area contributed by atoms with Gasteiger partial charge in [-0.2, -0.15) is 10.4 Å². The Morgan fingerprint density at radius 3 is 2.00 bits per heavy atom. The number of likely N-dealkylation sites (tertiary alicyclic amines) is 1. The first kappa shape index (κ1) is 30.1. The van der Waals surface area contributed by atoms with Gasteiger partial charge in [0.1, 0.15) is 6.17 Å². The molecule has 0 spiro atoms. The average Bonchev–Trinajstić information content (AvgIpc) is 3.10. The maximum absolute atomic E-state index is 13.9. The van der Waals surface area contributed by atoms with Gasteiger partial charge in [-0.15, -0.1) is 0 Å². The second-order valence-corrected chi connectivity index (χ2v) is 8.72. The molecule has 0 saturated carbocycles. The number of urea groups is 2. The van der Waals surface area contributed by atoms with E-state index in [0.29, 0.717) is 52.0 Å². The first-order valence-electron chi connectivity index (χ1n) is 12.5. The van der Waals surface area contributed by atoms with Gasteiger partial charge in [-0.05, 0) is 57.8 Å². The second-order valence-electron chi connectivity index (χ2n) is 8.72. The Hall–Kier alpha value is -2.91. The molecule has 1 saturated heterocycles. The molecule has 0 aliphatic carbocycles. The Bertz CT molecular complexity index is 733. The summed E-state index contributed by atoms with van der Waals surface area (Å²) in [6.07, 6.45) is 13.0. The minimum absolute atomic E-state index is 0.293. The van der Waals surface area contributed by atoms with Gasteiger partial charge in [0.05, 0.1) is 26.2 Å². The van der Waals surface area contributed by atoms with Crippen LogP contribution in [0.5, 0.6) is 0 Å². The maximum Gasteiger partial charge on any atom is 0.429 e. The number of imide groups is 1. The predicted octanol–water partition coefficient (Wildman–Crippen LogP) is 2.92. The van der Waals surface area contributed by atoms with E-state index in [1.54, 1.807) is 4.90 Å². The van der Waals surface area contributed by atoms with E-state index in [-0.39, 0.29) is 6.03 Å². The van der Waals surface area contributed by atoms with Crippen LogP contribution in [0.3, 0.4) is 0 Å². The van der Waals surface area contributed by atoms with E-state index < -0.39 is 16.7 Å². The SMILES string of the molecule is NO/C=N\C1CCCCCN1C(=O)[N+](CCCCCCN=C=O)(CCCCCCN=C=O)C(N)=O. The third-order valence-corrected chi connectivity index (χ3v) is 6.30. The highest BCUT2D eigenvalue weighted by molar-refractivity contribution is 5.82. The smallest absolute Gasteiger partial charge is 0.400 e. The summed E-state index contributed by atoms with van der Waals surface area (Å²) in [5, 5.41) is 0. The van der Waals surface area contributed by atoms with Gasteiger partial charge in [-0.3, -0.25) is 4.90 Å². The standard InChI is InChI=1S/C23H39N7O5/c24-22(33)30(16-10-3-1-7-13-26-18-31,17-11-4-2-8-14-27-19-32)23(34)29-15-9-5-6-12-21(29)28-20-35-25/h20-21H,1-17,25H2,(H-,24,33)/p+1/b28-20-. The molecule has 1 atom stereocenters. The van der Waals surface area contributed by atoms with Crippen LogP contribution in [0.2, 0.25) is 0 Å². The number of unbranched alkanes of at least 4 members (excludes halogenated alkanes) is 6. The summed E-state index contributed by atoms with van der Waals surface area (Å²) < 4.78 is -0.464. The van der Waals surface area contributed by atoms with Crippen molar-refractivity contribution in [1.29, 1.82) is 0 Å². The minimum Gasteiger partial charge on any atom is -0.400 e. The first-order valence-corrected chi connectivity index (χ1v) is 12.5. The fraction of sp³-hybridized carbons (Fsp3) is 0.783. The van der Waals surface area contributed by atoms with E-state index in [1.165, 1.54) is 12.2 Å². The number of rotatable bonds is 16. The normalized spacial score (nSPS) is 17.6. The van der Waals surface area contributed by atoms with Crippen LogP contribution in [0.15, 0.2) is 15.0 Å². The third-order valence-electron chi connectivity index (χ3n) is 6.30. The summed E-state index contributed by atoms with van der Waals surface area (Å²) in [7, 11) is 0. The zero-order valence-corrected chi connectivity index (χ0v) is 20.6. The van der Waals surface area contributed by atoms with Gasteiger partial charge in [0.2, 0.25) is 12.2 Å². The maximum atomic E-state index is 13.9. The van der Waals surface area contributed by atoms with Gasteiger partial charge in [0, 0.05) is 6.54 Å². The van der Waals surface area contributed by atoms with E-state index in [0.717, 1.165) is 64.2 Å². The number of quaternary nitrogens is 1. The number of hydrogen-bond donors (Lipinski definition) is 2. The van der Waals surface area contributed by atoms with Crippen molar-refractivity contribution in [2.24, 2.45) is 26.6 Å². The predicted molar refractivity (Wildman–Crippen MR) is 131 cm³/mol. The topological polar surface area (TPSA) is 170 Å². The molecule has 4 N–H and O–H groups in total. The largest absolute Gasteiger partial charge is 0.429 e. The average molecular weight is 495 g/mol. The summed E-state index contributed by atoms with van der Waals surface area (Å²) in [6, 6.07) is -1.01. The number of carbonyl (C=O) groups excluding carboxylic acids is 4. The van der Waals surface area contributed by atoms with E-state index in [2.05, 4.69) is 19.8 Å². The molecule has 12 nitrogen and oxygen atoms in total. The molecular formula is C23H40N7O5+. The Kier molecular flexibility index (Phi) is 15.9. The van der Waals surface area contributed by atoms with Crippen molar-refractivity contribution in [3.05, 3.63) is 0 Å². The monoisotopic (exact) mass is 494 g/mol. The lowest BCUT2D eigenvalue weighted by molar-refractivity contribution is -0.772. The Morgan fingerprint density at radius 1 is 0.914 bits per heavy atom. The number of isocyanates is 2. The van der Waals surface area contributed by atoms with Crippen LogP contribution in [0.25, 0.3) is 0 Å². The van der Waals surface area contributed by atoms with Crippen molar-refractivity contribution >= 4 is 30.6 Å². The van der Waals surface area contributed by atoms with Crippen molar-refractivity contribution in [3.8, 4) is 0 Å². The third kappa shape index (κ3) is 10.9. The lowest BCUT2D eigenvalue weighted by atomic mass is 10.1. The van der Waals surface area contributed by atoms with Gasteiger partial charge in [-0.1, -0.05) is 19.3 Å². The number of nitrogens with zero attached hydrogens (tertiary/aromatic N) is 5. The van der Waals surface area contributed by atoms with Crippen LogP contribution in [-0.4, -0.2) is 78.9 Å². The molecule has 0 aromatic carbocycles. The molecule has 35 heavy (non-hydrogen) atoms. The van der Waals surface area contributed by atoms with Gasteiger partial charge < -0.3 is 10.6 Å². The fourth-order valence-corrected chi connectivity index (χ4v) is 4.38. The number of amides is 4. The molecule has 0 bridgehead atoms. The van der Waals surface area contributed by atoms with E-state index in [4.69, 9.17) is 11.6 Å². The van der Waals surface area contributed by atoms with Crippen molar-refractivity contribution in [3.63, 3.8) is 0 Å². The molecule has 1 rings (SSSR count). The zero-order chi connectivity index (χ0) is 25.8. The molecule has 1 heterocycles. The second kappa shape index (κ2) is 18.4. The van der Waals surface area contributed by atoms with Gasteiger partial charge in [0.25, 0.3) is 0 Å². The van der Waals surface area contributed by atoms with Crippen LogP contribution in [-0.2, 0) is 14.4 Å². The zero-order valence-electron chi connectivity index (χ0n) is 20.6.